The van der Waals surface area contributed by atoms with E-state index in [9.17, 15) is 4.79 Å². The zero-order valence-electron chi connectivity index (χ0n) is 18.5. The van der Waals surface area contributed by atoms with E-state index in [0.717, 1.165) is 36.9 Å². The summed E-state index contributed by atoms with van der Waals surface area (Å²) in [6, 6.07) is 11.1. The third kappa shape index (κ3) is 5.16. The molecule has 1 amide bonds. The number of nitrogens with one attached hydrogen (secondary N) is 3. The Morgan fingerprint density at radius 3 is 2.62 bits per heavy atom. The Morgan fingerprint density at radius 1 is 1.00 bits per heavy atom. The molecule has 0 unspecified atom stereocenters. The summed E-state index contributed by atoms with van der Waals surface area (Å²) in [4.78, 5) is 36.7. The minimum absolute atomic E-state index is 0.0461. The van der Waals surface area contributed by atoms with E-state index < -0.39 is 0 Å². The van der Waals surface area contributed by atoms with Crippen LogP contribution in [0.15, 0.2) is 54.2 Å². The zero-order valence-corrected chi connectivity index (χ0v) is 19.3. The number of hydrogen-bond acceptors (Lipinski definition) is 10. The first-order valence-corrected chi connectivity index (χ1v) is 11.7. The molecule has 1 saturated heterocycles. The lowest BCUT2D eigenvalue weighted by molar-refractivity contribution is 0.0736. The van der Waals surface area contributed by atoms with Gasteiger partial charge in [0.25, 0.3) is 5.91 Å². The van der Waals surface area contributed by atoms with E-state index in [-0.39, 0.29) is 5.91 Å². The quantitative estimate of drug-likeness (QED) is 0.387. The van der Waals surface area contributed by atoms with Gasteiger partial charge in [-0.05, 0) is 37.3 Å². The molecule has 0 bridgehead atoms. The summed E-state index contributed by atoms with van der Waals surface area (Å²) in [6.07, 6.45) is 3.33. The molecule has 1 fully saturated rings. The minimum atomic E-state index is 0.0461. The average Bonchev–Trinajstić information content (AvgIpc) is 3.33. The predicted octanol–water partition coefficient (Wildman–Crippen LogP) is 3.23. The maximum absolute atomic E-state index is 12.7. The average molecular weight is 474 g/mol. The molecule has 3 N–H and O–H groups in total. The summed E-state index contributed by atoms with van der Waals surface area (Å²) in [6.45, 7) is 5.02. The fourth-order valence-corrected chi connectivity index (χ4v) is 4.28. The SMILES string of the molecule is Cc1cccc(-c2nccc(Nc3ccnc(Nc4cc(C(=O)N5CCNCC5)cs4)n3)n2)n1. The first-order chi connectivity index (χ1) is 16.6. The van der Waals surface area contributed by atoms with Crippen LogP contribution in [0.1, 0.15) is 16.1 Å². The van der Waals surface area contributed by atoms with E-state index in [1.54, 1.807) is 24.5 Å². The second-order valence-corrected chi connectivity index (χ2v) is 8.60. The van der Waals surface area contributed by atoms with Crippen LogP contribution in [-0.4, -0.2) is 61.9 Å². The van der Waals surface area contributed by atoms with Gasteiger partial charge in [-0.3, -0.25) is 4.79 Å². The molecule has 4 aromatic rings. The van der Waals surface area contributed by atoms with Gasteiger partial charge in [0.1, 0.15) is 17.3 Å². The molecule has 10 nitrogen and oxygen atoms in total. The molecule has 5 rings (SSSR count). The molecule has 0 atom stereocenters. The van der Waals surface area contributed by atoms with Crippen molar-refractivity contribution in [3.63, 3.8) is 0 Å². The summed E-state index contributed by atoms with van der Waals surface area (Å²) < 4.78 is 0. The van der Waals surface area contributed by atoms with Gasteiger partial charge < -0.3 is 20.9 Å². The first kappa shape index (κ1) is 21.9. The maximum atomic E-state index is 12.7. The van der Waals surface area contributed by atoms with Gasteiger partial charge in [-0.15, -0.1) is 11.3 Å². The van der Waals surface area contributed by atoms with E-state index in [1.807, 2.05) is 41.5 Å². The number of amides is 1. The van der Waals surface area contributed by atoms with Crippen molar-refractivity contribution < 1.29 is 4.79 Å². The normalized spacial score (nSPS) is 13.5. The smallest absolute Gasteiger partial charge is 0.254 e. The molecular weight excluding hydrogens is 450 g/mol. The van der Waals surface area contributed by atoms with Crippen molar-refractivity contribution in [2.45, 2.75) is 6.92 Å². The summed E-state index contributed by atoms with van der Waals surface area (Å²) >= 11 is 1.45. The van der Waals surface area contributed by atoms with Gasteiger partial charge in [0, 0.05) is 49.6 Å². The van der Waals surface area contributed by atoms with Crippen molar-refractivity contribution in [3.8, 4) is 11.5 Å². The van der Waals surface area contributed by atoms with Crippen LogP contribution < -0.4 is 16.0 Å². The van der Waals surface area contributed by atoms with Crippen LogP contribution in [0.2, 0.25) is 0 Å². The Bertz CT molecular complexity index is 1300. The maximum Gasteiger partial charge on any atom is 0.254 e. The number of aromatic nitrogens is 5. The lowest BCUT2D eigenvalue weighted by atomic mass is 10.2. The molecule has 34 heavy (non-hydrogen) atoms. The molecule has 1 aliphatic heterocycles. The van der Waals surface area contributed by atoms with Crippen LogP contribution >= 0.6 is 11.3 Å². The fourth-order valence-electron chi connectivity index (χ4n) is 3.51. The number of pyridine rings is 1. The molecule has 11 heteroatoms. The largest absolute Gasteiger partial charge is 0.336 e. The van der Waals surface area contributed by atoms with Crippen molar-refractivity contribution in [3.05, 3.63) is 65.4 Å². The van der Waals surface area contributed by atoms with Crippen LogP contribution in [0.3, 0.4) is 0 Å². The lowest BCUT2D eigenvalue weighted by Gasteiger charge is -2.27. The Balaban J connectivity index is 1.27. The summed E-state index contributed by atoms with van der Waals surface area (Å²) in [5, 5.41) is 12.3. The Hall–Kier alpha value is -3.96. The van der Waals surface area contributed by atoms with Crippen molar-refractivity contribution in [1.82, 2.24) is 35.1 Å². The number of carbonyl (C=O) groups excluding carboxylic acids is 1. The monoisotopic (exact) mass is 473 g/mol. The molecule has 0 radical (unpaired) electrons. The molecule has 1 aliphatic rings. The third-order valence-corrected chi connectivity index (χ3v) is 6.02. The molecule has 172 valence electrons. The highest BCUT2D eigenvalue weighted by molar-refractivity contribution is 7.14. The van der Waals surface area contributed by atoms with Gasteiger partial charge in [-0.1, -0.05) is 6.07 Å². The highest BCUT2D eigenvalue weighted by Crippen LogP contribution is 2.25. The first-order valence-electron chi connectivity index (χ1n) is 10.9. The number of thiophene rings is 1. The number of piperazine rings is 1. The number of rotatable bonds is 6. The summed E-state index contributed by atoms with van der Waals surface area (Å²) in [7, 11) is 0. The molecular formula is C23H23N9OS. The topological polar surface area (TPSA) is 121 Å². The molecule has 0 spiro atoms. The predicted molar refractivity (Wildman–Crippen MR) is 132 cm³/mol. The Kier molecular flexibility index (Phi) is 6.36. The number of anilines is 4. The van der Waals surface area contributed by atoms with Gasteiger partial charge in [-0.2, -0.15) is 4.98 Å². The molecule has 5 heterocycles. The van der Waals surface area contributed by atoms with Crippen LogP contribution in [0.4, 0.5) is 22.6 Å². The van der Waals surface area contributed by atoms with Crippen LogP contribution in [-0.2, 0) is 0 Å². The van der Waals surface area contributed by atoms with Crippen molar-refractivity contribution in [2.24, 2.45) is 0 Å². The van der Waals surface area contributed by atoms with Crippen LogP contribution in [0.25, 0.3) is 11.5 Å². The van der Waals surface area contributed by atoms with Crippen molar-refractivity contribution in [1.29, 1.82) is 0 Å². The highest BCUT2D eigenvalue weighted by Gasteiger charge is 2.19. The lowest BCUT2D eigenvalue weighted by Crippen LogP contribution is -2.46. The molecule has 0 aromatic carbocycles. The van der Waals surface area contributed by atoms with E-state index >= 15 is 0 Å². The van der Waals surface area contributed by atoms with Gasteiger partial charge in [0.2, 0.25) is 5.95 Å². The van der Waals surface area contributed by atoms with E-state index in [2.05, 4.69) is 40.9 Å². The minimum Gasteiger partial charge on any atom is -0.336 e. The van der Waals surface area contributed by atoms with Crippen LogP contribution in [0.5, 0.6) is 0 Å². The third-order valence-electron chi connectivity index (χ3n) is 5.17. The Morgan fingerprint density at radius 2 is 1.79 bits per heavy atom. The summed E-state index contributed by atoms with van der Waals surface area (Å²) in [5.41, 5.74) is 2.27. The van der Waals surface area contributed by atoms with E-state index in [1.165, 1.54) is 11.3 Å². The van der Waals surface area contributed by atoms with Crippen LogP contribution in [0, 0.1) is 6.92 Å². The van der Waals surface area contributed by atoms with Gasteiger partial charge in [0.05, 0.1) is 10.6 Å². The Labute approximate surface area is 200 Å². The molecule has 0 aliphatic carbocycles. The van der Waals surface area contributed by atoms with Crippen molar-refractivity contribution in [2.75, 3.05) is 36.8 Å². The number of aryl methyl sites for hydroxylation is 1. The second-order valence-electron chi connectivity index (χ2n) is 7.69. The summed E-state index contributed by atoms with van der Waals surface area (Å²) in [5.74, 6) is 2.17. The van der Waals surface area contributed by atoms with Gasteiger partial charge >= 0.3 is 0 Å². The van der Waals surface area contributed by atoms with Gasteiger partial charge in [0.15, 0.2) is 5.82 Å². The number of hydrogen-bond donors (Lipinski definition) is 3. The standard InChI is InChI=1S/C23H23N9OS/c1-15-3-2-4-17(27-15)21-25-7-5-18(29-21)28-19-6-8-26-23(30-19)31-20-13-16(14-34-20)22(33)32-11-9-24-10-12-32/h2-8,13-14,24H,9-12H2,1H3,(H2,25,26,28,29,30,31). The number of nitrogens with zero attached hydrogens (tertiary/aromatic N) is 6. The zero-order chi connectivity index (χ0) is 23.3. The highest BCUT2D eigenvalue weighted by atomic mass is 32.1. The molecule has 0 saturated carbocycles. The van der Waals surface area contributed by atoms with Crippen molar-refractivity contribution >= 4 is 39.8 Å². The molecule has 4 aromatic heterocycles. The second kappa shape index (κ2) is 9.89. The van der Waals surface area contributed by atoms with E-state index in [4.69, 9.17) is 0 Å². The van der Waals surface area contributed by atoms with Gasteiger partial charge in [-0.25, -0.2) is 19.9 Å². The number of carbonyl (C=O) groups is 1. The van der Waals surface area contributed by atoms with E-state index in [0.29, 0.717) is 34.7 Å². The fraction of sp³-hybridized carbons (Fsp3) is 0.217.